The van der Waals surface area contributed by atoms with Gasteiger partial charge in [-0.1, -0.05) is 0 Å². The number of ether oxygens (including phenoxy) is 1. The second kappa shape index (κ2) is 3.85. The lowest BCUT2D eigenvalue weighted by atomic mass is 10.2. The first-order valence-corrected chi connectivity index (χ1v) is 4.56. The molecular formula is C8H14N4O. The summed E-state index contributed by atoms with van der Waals surface area (Å²) in [4.78, 5) is 0. The summed E-state index contributed by atoms with van der Waals surface area (Å²) < 4.78 is 5.44. The normalized spacial score (nSPS) is 24.2. The van der Waals surface area contributed by atoms with Crippen molar-refractivity contribution in [1.29, 1.82) is 0 Å². The van der Waals surface area contributed by atoms with Crippen molar-refractivity contribution in [3.05, 3.63) is 11.4 Å². The van der Waals surface area contributed by atoms with Gasteiger partial charge in [-0.3, -0.25) is 0 Å². The molecule has 5 heteroatoms. The van der Waals surface area contributed by atoms with Crippen LogP contribution in [0.3, 0.4) is 0 Å². The Labute approximate surface area is 76.9 Å². The fraction of sp³-hybridized carbons (Fsp3) is 0.750. The highest BCUT2D eigenvalue weighted by Crippen LogP contribution is 2.14. The number of rotatable bonds is 1. The van der Waals surface area contributed by atoms with Gasteiger partial charge in [-0.25, -0.2) is 0 Å². The second-order valence-electron chi connectivity index (χ2n) is 3.23. The molecule has 0 aromatic carbocycles. The lowest BCUT2D eigenvalue weighted by Crippen LogP contribution is -2.24. The molecule has 72 valence electrons. The minimum Gasteiger partial charge on any atom is -0.379 e. The molecule has 2 rings (SSSR count). The van der Waals surface area contributed by atoms with Crippen LogP contribution in [-0.2, 0) is 4.74 Å². The van der Waals surface area contributed by atoms with Crippen LogP contribution in [0.15, 0.2) is 0 Å². The van der Waals surface area contributed by atoms with Crippen LogP contribution in [0.25, 0.3) is 0 Å². The second-order valence-corrected chi connectivity index (χ2v) is 3.23. The van der Waals surface area contributed by atoms with Crippen LogP contribution in [0.4, 0.5) is 0 Å². The van der Waals surface area contributed by atoms with Gasteiger partial charge in [-0.2, -0.15) is 15.4 Å². The minimum atomic E-state index is 0.196. The van der Waals surface area contributed by atoms with Gasteiger partial charge < -0.3 is 10.1 Å². The third kappa shape index (κ3) is 1.87. The van der Waals surface area contributed by atoms with Crippen molar-refractivity contribution in [3.63, 3.8) is 0 Å². The van der Waals surface area contributed by atoms with Crippen LogP contribution in [0.2, 0.25) is 0 Å². The van der Waals surface area contributed by atoms with Crippen LogP contribution >= 0.6 is 0 Å². The van der Waals surface area contributed by atoms with E-state index >= 15 is 0 Å². The van der Waals surface area contributed by atoms with E-state index in [1.165, 1.54) is 0 Å². The van der Waals surface area contributed by atoms with Crippen molar-refractivity contribution in [2.24, 2.45) is 0 Å². The molecule has 0 spiro atoms. The Bertz CT molecular complexity index is 265. The van der Waals surface area contributed by atoms with E-state index in [9.17, 15) is 0 Å². The predicted molar refractivity (Wildman–Crippen MR) is 47.3 cm³/mol. The zero-order valence-electron chi connectivity index (χ0n) is 7.71. The van der Waals surface area contributed by atoms with E-state index in [4.69, 9.17) is 4.74 Å². The topological polar surface area (TPSA) is 62.8 Å². The lowest BCUT2D eigenvalue weighted by Gasteiger charge is -2.12. The van der Waals surface area contributed by atoms with E-state index in [1.54, 1.807) is 0 Å². The zero-order valence-corrected chi connectivity index (χ0v) is 7.71. The summed E-state index contributed by atoms with van der Waals surface area (Å²) in [6.45, 7) is 4.45. The molecule has 0 saturated carbocycles. The number of H-pyrrole nitrogens is 1. The lowest BCUT2D eigenvalue weighted by molar-refractivity contribution is 0.130. The zero-order chi connectivity index (χ0) is 9.10. The summed E-state index contributed by atoms with van der Waals surface area (Å²) in [6, 6.07) is 0.196. The molecule has 13 heavy (non-hydrogen) atoms. The smallest absolute Gasteiger partial charge is 0.105 e. The molecule has 0 amide bonds. The highest BCUT2D eigenvalue weighted by molar-refractivity contribution is 5.11. The summed E-state index contributed by atoms with van der Waals surface area (Å²) in [5.74, 6) is 0. The van der Waals surface area contributed by atoms with E-state index in [0.717, 1.165) is 31.0 Å². The fourth-order valence-electron chi connectivity index (χ4n) is 1.51. The van der Waals surface area contributed by atoms with E-state index < -0.39 is 0 Å². The van der Waals surface area contributed by atoms with Gasteiger partial charge in [-0.05, 0) is 19.9 Å². The van der Waals surface area contributed by atoms with Crippen LogP contribution in [0.1, 0.15) is 23.9 Å². The molecule has 1 aromatic heterocycles. The van der Waals surface area contributed by atoms with Gasteiger partial charge in [0.25, 0.3) is 0 Å². The molecular weight excluding hydrogens is 168 g/mol. The summed E-state index contributed by atoms with van der Waals surface area (Å²) >= 11 is 0. The van der Waals surface area contributed by atoms with Gasteiger partial charge in [-0.15, -0.1) is 0 Å². The maximum absolute atomic E-state index is 5.44. The van der Waals surface area contributed by atoms with Gasteiger partial charge in [0.05, 0.1) is 18.3 Å². The average Bonchev–Trinajstić information content (AvgIpc) is 2.43. The van der Waals surface area contributed by atoms with Gasteiger partial charge in [0, 0.05) is 6.61 Å². The molecule has 0 radical (unpaired) electrons. The van der Waals surface area contributed by atoms with Crippen molar-refractivity contribution >= 4 is 0 Å². The van der Waals surface area contributed by atoms with Crippen LogP contribution in [0, 0.1) is 6.92 Å². The van der Waals surface area contributed by atoms with Crippen LogP contribution in [-0.4, -0.2) is 35.2 Å². The number of aryl methyl sites for hydroxylation is 1. The van der Waals surface area contributed by atoms with Crippen LogP contribution in [0.5, 0.6) is 0 Å². The first kappa shape index (κ1) is 8.65. The first-order valence-electron chi connectivity index (χ1n) is 4.56. The molecule has 1 aromatic rings. The van der Waals surface area contributed by atoms with Crippen molar-refractivity contribution in [1.82, 2.24) is 20.7 Å². The van der Waals surface area contributed by atoms with Crippen molar-refractivity contribution < 1.29 is 4.74 Å². The molecule has 0 aliphatic carbocycles. The third-order valence-corrected chi connectivity index (χ3v) is 2.23. The first-order chi connectivity index (χ1) is 6.38. The molecule has 1 saturated heterocycles. The number of aromatic amines is 1. The Morgan fingerprint density at radius 2 is 2.38 bits per heavy atom. The number of nitrogens with zero attached hydrogens (tertiary/aromatic N) is 2. The predicted octanol–water partition coefficient (Wildman–Crippen LogP) is 0.164. The molecule has 1 aliphatic heterocycles. The maximum atomic E-state index is 5.44. The third-order valence-electron chi connectivity index (χ3n) is 2.23. The minimum absolute atomic E-state index is 0.196. The SMILES string of the molecule is Cc1n[nH]nc1C1COCCCN1. The fourth-order valence-corrected chi connectivity index (χ4v) is 1.51. The largest absolute Gasteiger partial charge is 0.379 e. The van der Waals surface area contributed by atoms with Gasteiger partial charge >= 0.3 is 0 Å². The van der Waals surface area contributed by atoms with E-state index in [2.05, 4.69) is 20.7 Å². The Balaban J connectivity index is 2.10. The average molecular weight is 182 g/mol. The monoisotopic (exact) mass is 182 g/mol. The molecule has 1 aliphatic rings. The Morgan fingerprint density at radius 1 is 1.46 bits per heavy atom. The molecule has 2 N–H and O–H groups in total. The number of aromatic nitrogens is 3. The Hall–Kier alpha value is -0.940. The molecule has 1 atom stereocenters. The van der Waals surface area contributed by atoms with Crippen LogP contribution < -0.4 is 5.32 Å². The maximum Gasteiger partial charge on any atom is 0.105 e. The summed E-state index contributed by atoms with van der Waals surface area (Å²) in [7, 11) is 0. The molecule has 1 fully saturated rings. The van der Waals surface area contributed by atoms with Gasteiger partial charge in [0.15, 0.2) is 0 Å². The summed E-state index contributed by atoms with van der Waals surface area (Å²) in [5, 5.41) is 14.1. The number of hydrogen-bond acceptors (Lipinski definition) is 4. The van der Waals surface area contributed by atoms with E-state index in [1.807, 2.05) is 6.92 Å². The van der Waals surface area contributed by atoms with Crippen molar-refractivity contribution in [2.75, 3.05) is 19.8 Å². The molecule has 0 bridgehead atoms. The summed E-state index contributed by atoms with van der Waals surface area (Å²) in [5.41, 5.74) is 1.92. The highest BCUT2D eigenvalue weighted by Gasteiger charge is 2.18. The van der Waals surface area contributed by atoms with E-state index in [-0.39, 0.29) is 6.04 Å². The Kier molecular flexibility index (Phi) is 2.56. The number of nitrogens with one attached hydrogen (secondary N) is 2. The standard InChI is InChI=1S/C8H14N4O/c1-6-8(11-12-10-6)7-5-13-4-2-3-9-7/h7,9H,2-5H2,1H3,(H,10,11,12). The molecule has 2 heterocycles. The highest BCUT2D eigenvalue weighted by atomic mass is 16.5. The summed E-state index contributed by atoms with van der Waals surface area (Å²) in [6.07, 6.45) is 1.06. The van der Waals surface area contributed by atoms with Crippen molar-refractivity contribution in [2.45, 2.75) is 19.4 Å². The quantitative estimate of drug-likeness (QED) is 0.649. The molecule has 1 unspecified atom stereocenters. The molecule has 5 nitrogen and oxygen atoms in total. The Morgan fingerprint density at radius 3 is 3.15 bits per heavy atom. The van der Waals surface area contributed by atoms with Gasteiger partial charge in [0.2, 0.25) is 0 Å². The van der Waals surface area contributed by atoms with E-state index in [0.29, 0.717) is 6.61 Å². The van der Waals surface area contributed by atoms with Crippen molar-refractivity contribution in [3.8, 4) is 0 Å². The van der Waals surface area contributed by atoms with Gasteiger partial charge in [0.1, 0.15) is 5.69 Å². The number of hydrogen-bond donors (Lipinski definition) is 2.